The molecule has 0 aliphatic carbocycles. The van der Waals surface area contributed by atoms with Gasteiger partial charge >= 0.3 is 6.18 Å². The van der Waals surface area contributed by atoms with E-state index >= 15 is 0 Å². The lowest BCUT2D eigenvalue weighted by molar-refractivity contribution is -0.236. The number of ether oxygens (including phenoxy) is 1. The van der Waals surface area contributed by atoms with E-state index in [1.165, 1.54) is 6.26 Å². The van der Waals surface area contributed by atoms with Crippen molar-refractivity contribution in [3.63, 3.8) is 0 Å². The third kappa shape index (κ3) is 5.68. The van der Waals surface area contributed by atoms with Gasteiger partial charge in [-0.05, 0) is 42.9 Å². The second kappa shape index (κ2) is 9.04. The molecule has 2 saturated heterocycles. The maximum atomic E-state index is 12.8. The Morgan fingerprint density at radius 2 is 1.93 bits per heavy atom. The molecule has 0 N–H and O–H groups in total. The minimum Gasteiger partial charge on any atom is -0.369 e. The van der Waals surface area contributed by atoms with Gasteiger partial charge in [0.05, 0.1) is 11.5 Å². The predicted octanol–water partition coefficient (Wildman–Crippen LogP) is 3.59. The topological polar surface area (TPSA) is 49.9 Å². The summed E-state index contributed by atoms with van der Waals surface area (Å²) in [6.07, 6.45) is -4.16. The van der Waals surface area contributed by atoms with Gasteiger partial charge in [0.1, 0.15) is 0 Å². The minimum absolute atomic E-state index is 0.0265. The summed E-state index contributed by atoms with van der Waals surface area (Å²) < 4.78 is 67.4. The van der Waals surface area contributed by atoms with Crippen molar-refractivity contribution in [2.24, 2.45) is 11.8 Å². The number of anilines is 1. The highest BCUT2D eigenvalue weighted by Gasteiger charge is 2.43. The van der Waals surface area contributed by atoms with Crippen molar-refractivity contribution < 1.29 is 26.3 Å². The highest BCUT2D eigenvalue weighted by atomic mass is 32.2. The Hall–Kier alpha value is -1.32. The van der Waals surface area contributed by atoms with Gasteiger partial charge in [0.25, 0.3) is 0 Å². The van der Waals surface area contributed by atoms with E-state index in [1.807, 2.05) is 6.07 Å². The molecule has 0 amide bonds. The zero-order valence-corrected chi connectivity index (χ0v) is 18.5. The van der Waals surface area contributed by atoms with Crippen LogP contribution in [0.25, 0.3) is 0 Å². The van der Waals surface area contributed by atoms with Crippen LogP contribution in [-0.2, 0) is 14.6 Å². The summed E-state index contributed by atoms with van der Waals surface area (Å²) in [7, 11) is -3.27. The monoisotopic (exact) mass is 448 g/mol. The summed E-state index contributed by atoms with van der Waals surface area (Å²) in [6.45, 7) is 7.44. The fourth-order valence-corrected chi connectivity index (χ4v) is 5.05. The van der Waals surface area contributed by atoms with Crippen LogP contribution in [0.2, 0.25) is 0 Å². The Labute approximate surface area is 177 Å². The lowest BCUT2D eigenvalue weighted by Crippen LogP contribution is -2.57. The van der Waals surface area contributed by atoms with Crippen LogP contribution in [0.5, 0.6) is 0 Å². The van der Waals surface area contributed by atoms with Crippen molar-refractivity contribution in [1.29, 1.82) is 0 Å². The van der Waals surface area contributed by atoms with Crippen molar-refractivity contribution in [3.05, 3.63) is 24.3 Å². The first-order chi connectivity index (χ1) is 13.9. The Kier molecular flexibility index (Phi) is 7.04. The highest BCUT2D eigenvalue weighted by molar-refractivity contribution is 7.90. The smallest absolute Gasteiger partial charge is 0.369 e. The number of nitrogens with zero attached hydrogens (tertiary/aromatic N) is 2. The van der Waals surface area contributed by atoms with E-state index in [9.17, 15) is 21.6 Å². The number of sulfone groups is 1. The van der Waals surface area contributed by atoms with Gasteiger partial charge in [0, 0.05) is 44.2 Å². The lowest BCUT2D eigenvalue weighted by Gasteiger charge is -2.46. The maximum Gasteiger partial charge on any atom is 0.414 e. The molecule has 3 atom stereocenters. The van der Waals surface area contributed by atoms with Crippen molar-refractivity contribution in [2.75, 3.05) is 43.9 Å². The molecule has 0 saturated carbocycles. The summed E-state index contributed by atoms with van der Waals surface area (Å²) in [5.74, 6) is 0.461. The van der Waals surface area contributed by atoms with Crippen molar-refractivity contribution in [2.45, 2.75) is 49.9 Å². The van der Waals surface area contributed by atoms with E-state index in [4.69, 9.17) is 4.74 Å². The van der Waals surface area contributed by atoms with E-state index in [0.29, 0.717) is 17.2 Å². The van der Waals surface area contributed by atoms with Crippen LogP contribution in [0.15, 0.2) is 29.2 Å². The zero-order valence-electron chi connectivity index (χ0n) is 17.7. The number of piperazine rings is 1. The maximum absolute atomic E-state index is 12.8. The number of benzene rings is 1. The van der Waals surface area contributed by atoms with Gasteiger partial charge in [-0.3, -0.25) is 4.90 Å². The predicted molar refractivity (Wildman–Crippen MR) is 110 cm³/mol. The fraction of sp³-hybridized carbons (Fsp3) is 0.714. The van der Waals surface area contributed by atoms with Crippen LogP contribution < -0.4 is 4.90 Å². The third-order valence-corrected chi connectivity index (χ3v) is 7.25. The molecule has 1 aromatic carbocycles. The number of hydrogen-bond acceptors (Lipinski definition) is 5. The van der Waals surface area contributed by atoms with Crippen molar-refractivity contribution >= 4 is 15.5 Å². The standard InChI is InChI=1S/C21H31F3N2O3S/c1-15(2)19-13-25(17-5-4-6-18(11-17)30(3,27)28)9-10-26(19)12-16-7-8-20(29-14-16)21(22,23)24/h4-6,11,15-16,19-20H,7-10,12-14H2,1-3H3/t16-,19-,20+/m1/s1. The summed E-state index contributed by atoms with van der Waals surface area (Å²) in [6, 6.07) is 7.24. The molecule has 2 fully saturated rings. The molecule has 2 aliphatic heterocycles. The van der Waals surface area contributed by atoms with Crippen molar-refractivity contribution in [3.8, 4) is 0 Å². The van der Waals surface area contributed by atoms with Gasteiger partial charge in [-0.25, -0.2) is 8.42 Å². The molecule has 1 aromatic rings. The third-order valence-electron chi connectivity index (χ3n) is 6.14. The quantitative estimate of drug-likeness (QED) is 0.689. The number of rotatable bonds is 5. The van der Waals surface area contributed by atoms with E-state index in [-0.39, 0.29) is 25.0 Å². The van der Waals surface area contributed by atoms with Gasteiger partial charge in [-0.2, -0.15) is 13.2 Å². The van der Waals surface area contributed by atoms with Gasteiger partial charge in [-0.1, -0.05) is 19.9 Å². The Morgan fingerprint density at radius 1 is 1.20 bits per heavy atom. The van der Waals surface area contributed by atoms with Crippen LogP contribution in [-0.4, -0.2) is 70.7 Å². The molecule has 0 radical (unpaired) electrons. The molecule has 170 valence electrons. The second-order valence-corrected chi connectivity index (χ2v) is 10.8. The fourth-order valence-electron chi connectivity index (χ4n) is 4.39. The molecule has 2 heterocycles. The van der Waals surface area contributed by atoms with Gasteiger partial charge in [-0.15, -0.1) is 0 Å². The highest BCUT2D eigenvalue weighted by Crippen LogP contribution is 2.33. The number of halogens is 3. The summed E-state index contributed by atoms with van der Waals surface area (Å²) >= 11 is 0. The van der Waals surface area contributed by atoms with Crippen molar-refractivity contribution in [1.82, 2.24) is 4.90 Å². The first kappa shape index (κ1) is 23.3. The number of alkyl halides is 3. The molecule has 5 nitrogen and oxygen atoms in total. The molecular weight excluding hydrogens is 417 g/mol. The van der Waals surface area contributed by atoms with Crippen LogP contribution in [0.3, 0.4) is 0 Å². The minimum atomic E-state index is -4.28. The van der Waals surface area contributed by atoms with Gasteiger partial charge < -0.3 is 9.64 Å². The van der Waals surface area contributed by atoms with Crippen LogP contribution in [0.4, 0.5) is 18.9 Å². The van der Waals surface area contributed by atoms with Crippen LogP contribution in [0.1, 0.15) is 26.7 Å². The molecule has 0 spiro atoms. The summed E-state index contributed by atoms with van der Waals surface area (Å²) in [4.78, 5) is 4.87. The largest absolute Gasteiger partial charge is 0.414 e. The Bertz CT molecular complexity index is 821. The summed E-state index contributed by atoms with van der Waals surface area (Å²) in [5.41, 5.74) is 0.886. The molecule has 30 heavy (non-hydrogen) atoms. The molecule has 0 unspecified atom stereocenters. The molecular formula is C21H31F3N2O3S. The van der Waals surface area contributed by atoms with E-state index < -0.39 is 22.1 Å². The normalized spacial score (nSPS) is 26.9. The van der Waals surface area contributed by atoms with Crippen LogP contribution in [0, 0.1) is 11.8 Å². The van der Waals surface area contributed by atoms with E-state index in [2.05, 4.69) is 23.6 Å². The molecule has 9 heteroatoms. The molecule has 3 rings (SSSR count). The first-order valence-corrected chi connectivity index (χ1v) is 12.3. The van der Waals surface area contributed by atoms with E-state index in [0.717, 1.165) is 31.9 Å². The van der Waals surface area contributed by atoms with Gasteiger partial charge in [0.2, 0.25) is 0 Å². The second-order valence-electron chi connectivity index (χ2n) is 8.83. The molecule has 2 aliphatic rings. The van der Waals surface area contributed by atoms with E-state index in [1.54, 1.807) is 18.2 Å². The molecule has 0 bridgehead atoms. The Morgan fingerprint density at radius 3 is 2.50 bits per heavy atom. The first-order valence-electron chi connectivity index (χ1n) is 10.4. The SMILES string of the molecule is CC(C)[C@H]1CN(c2cccc(S(C)(=O)=O)c2)CCN1C[C@H]1CC[C@@H](C(F)(F)F)OC1. The average molecular weight is 449 g/mol. The number of hydrogen-bond donors (Lipinski definition) is 0. The average Bonchev–Trinajstić information content (AvgIpc) is 2.67. The lowest BCUT2D eigenvalue weighted by atomic mass is 9.93. The van der Waals surface area contributed by atoms with Gasteiger partial charge in [0.15, 0.2) is 15.9 Å². The van der Waals surface area contributed by atoms with Crippen LogP contribution >= 0.6 is 0 Å². The summed E-state index contributed by atoms with van der Waals surface area (Å²) in [5, 5.41) is 0. The Balaban J connectivity index is 1.64. The zero-order chi connectivity index (χ0) is 22.1. The molecule has 0 aromatic heterocycles.